The molecule has 0 aliphatic rings. The maximum absolute atomic E-state index is 11.9. The molecule has 0 heterocycles. The number of nitrogens with one attached hydrogen (secondary N) is 1. The molecule has 1 rings (SSSR count). The van der Waals surface area contributed by atoms with Crippen molar-refractivity contribution < 1.29 is 13.5 Å². The van der Waals surface area contributed by atoms with E-state index in [1.807, 2.05) is 13.8 Å². The maximum atomic E-state index is 11.9. The van der Waals surface area contributed by atoms with Gasteiger partial charge >= 0.3 is 0 Å². The standard InChI is InChI=1S/C13H17NO3S/c1-3-11(2)14-18(16,17)13-8-6-12(7-9-13)5-4-10-15/h6-9,11,14-15H,3,10H2,1-2H3. The highest BCUT2D eigenvalue weighted by Crippen LogP contribution is 2.11. The molecule has 1 atom stereocenters. The largest absolute Gasteiger partial charge is 0.384 e. The molecule has 2 N–H and O–H groups in total. The molecule has 1 aromatic carbocycles. The molecule has 5 heteroatoms. The van der Waals surface area contributed by atoms with E-state index in [1.54, 1.807) is 12.1 Å². The third-order valence-electron chi connectivity index (χ3n) is 2.45. The lowest BCUT2D eigenvalue weighted by atomic mass is 10.2. The molecule has 0 fully saturated rings. The molecule has 0 aromatic heterocycles. The van der Waals surface area contributed by atoms with Crippen molar-refractivity contribution in [2.24, 2.45) is 0 Å². The summed E-state index contributed by atoms with van der Waals surface area (Å²) in [7, 11) is -3.46. The van der Waals surface area contributed by atoms with Crippen LogP contribution >= 0.6 is 0 Å². The van der Waals surface area contributed by atoms with Crippen LogP contribution in [0.1, 0.15) is 25.8 Å². The second kappa shape index (κ2) is 6.55. The molecule has 0 saturated carbocycles. The van der Waals surface area contributed by atoms with Gasteiger partial charge in [-0.25, -0.2) is 13.1 Å². The zero-order valence-electron chi connectivity index (χ0n) is 10.5. The van der Waals surface area contributed by atoms with Crippen LogP contribution in [-0.2, 0) is 10.0 Å². The van der Waals surface area contributed by atoms with Crippen LogP contribution in [0.15, 0.2) is 29.2 Å². The van der Waals surface area contributed by atoms with Crippen molar-refractivity contribution in [3.63, 3.8) is 0 Å². The van der Waals surface area contributed by atoms with E-state index in [0.717, 1.165) is 6.42 Å². The zero-order valence-corrected chi connectivity index (χ0v) is 11.3. The summed E-state index contributed by atoms with van der Waals surface area (Å²) in [6, 6.07) is 6.16. The van der Waals surface area contributed by atoms with Crippen molar-refractivity contribution >= 4 is 10.0 Å². The van der Waals surface area contributed by atoms with Crippen molar-refractivity contribution in [3.8, 4) is 11.8 Å². The predicted molar refractivity (Wildman–Crippen MR) is 70.5 cm³/mol. The van der Waals surface area contributed by atoms with Crippen molar-refractivity contribution in [2.75, 3.05) is 6.61 Å². The fraction of sp³-hybridized carbons (Fsp3) is 0.385. The Morgan fingerprint density at radius 2 is 1.94 bits per heavy atom. The molecular formula is C13H17NO3S. The summed E-state index contributed by atoms with van der Waals surface area (Å²) < 4.78 is 26.5. The molecule has 98 valence electrons. The Balaban J connectivity index is 2.91. The van der Waals surface area contributed by atoms with E-state index in [2.05, 4.69) is 16.6 Å². The Bertz CT molecular complexity index is 538. The molecule has 0 saturated heterocycles. The van der Waals surface area contributed by atoms with E-state index in [1.165, 1.54) is 12.1 Å². The molecule has 0 radical (unpaired) electrons. The van der Waals surface area contributed by atoms with Gasteiger partial charge in [0.25, 0.3) is 0 Å². The van der Waals surface area contributed by atoms with Crippen LogP contribution in [0.4, 0.5) is 0 Å². The first-order valence-corrected chi connectivity index (χ1v) is 7.20. The minimum Gasteiger partial charge on any atom is -0.384 e. The van der Waals surface area contributed by atoms with Crippen LogP contribution in [0, 0.1) is 11.8 Å². The lowest BCUT2D eigenvalue weighted by Crippen LogP contribution is -2.31. The van der Waals surface area contributed by atoms with Gasteiger partial charge in [-0.15, -0.1) is 0 Å². The average Bonchev–Trinajstić information content (AvgIpc) is 2.36. The number of aliphatic hydroxyl groups excluding tert-OH is 1. The monoisotopic (exact) mass is 267 g/mol. The Morgan fingerprint density at radius 1 is 1.33 bits per heavy atom. The zero-order chi connectivity index (χ0) is 13.6. The predicted octanol–water partition coefficient (Wildman–Crippen LogP) is 1.11. The third kappa shape index (κ3) is 4.15. The Hall–Kier alpha value is -1.35. The third-order valence-corrected chi connectivity index (χ3v) is 4.05. The van der Waals surface area contributed by atoms with Gasteiger partial charge in [0.2, 0.25) is 10.0 Å². The Kier molecular flexibility index (Phi) is 5.35. The summed E-state index contributed by atoms with van der Waals surface area (Å²) in [5.74, 6) is 5.21. The molecule has 0 aliphatic heterocycles. The molecule has 0 spiro atoms. The molecular weight excluding hydrogens is 250 g/mol. The SMILES string of the molecule is CCC(C)NS(=O)(=O)c1ccc(C#CCO)cc1. The van der Waals surface area contributed by atoms with E-state index in [4.69, 9.17) is 5.11 Å². The smallest absolute Gasteiger partial charge is 0.240 e. The summed E-state index contributed by atoms with van der Waals surface area (Å²) in [5.41, 5.74) is 0.673. The molecule has 1 aromatic rings. The molecule has 0 aliphatic carbocycles. The molecule has 4 nitrogen and oxygen atoms in total. The van der Waals surface area contributed by atoms with Gasteiger partial charge in [0.15, 0.2) is 0 Å². The van der Waals surface area contributed by atoms with E-state index >= 15 is 0 Å². The van der Waals surface area contributed by atoms with Crippen LogP contribution in [-0.4, -0.2) is 26.2 Å². The lowest BCUT2D eigenvalue weighted by Gasteiger charge is -2.11. The van der Waals surface area contributed by atoms with Gasteiger partial charge in [0.1, 0.15) is 6.61 Å². The normalized spacial score (nSPS) is 12.6. The van der Waals surface area contributed by atoms with E-state index in [-0.39, 0.29) is 17.5 Å². The van der Waals surface area contributed by atoms with Crippen molar-refractivity contribution in [1.82, 2.24) is 4.72 Å². The highest BCUT2D eigenvalue weighted by molar-refractivity contribution is 7.89. The molecule has 18 heavy (non-hydrogen) atoms. The number of sulfonamides is 1. The van der Waals surface area contributed by atoms with Gasteiger partial charge in [-0.1, -0.05) is 18.8 Å². The molecule has 1 unspecified atom stereocenters. The second-order valence-electron chi connectivity index (χ2n) is 3.91. The van der Waals surface area contributed by atoms with E-state index < -0.39 is 10.0 Å². The molecule has 0 bridgehead atoms. The minimum atomic E-state index is -3.46. The second-order valence-corrected chi connectivity index (χ2v) is 5.63. The quantitative estimate of drug-likeness (QED) is 0.803. The van der Waals surface area contributed by atoms with Crippen LogP contribution < -0.4 is 4.72 Å². The van der Waals surface area contributed by atoms with Crippen molar-refractivity contribution in [1.29, 1.82) is 0 Å². The van der Waals surface area contributed by atoms with E-state index in [0.29, 0.717) is 5.56 Å². The van der Waals surface area contributed by atoms with E-state index in [9.17, 15) is 8.42 Å². The van der Waals surface area contributed by atoms with Crippen molar-refractivity contribution in [2.45, 2.75) is 31.2 Å². The number of aliphatic hydroxyl groups is 1. The molecule has 0 amide bonds. The summed E-state index contributed by atoms with van der Waals surface area (Å²) in [5, 5.41) is 8.56. The first-order chi connectivity index (χ1) is 8.49. The van der Waals surface area contributed by atoms with Crippen LogP contribution in [0.2, 0.25) is 0 Å². The van der Waals surface area contributed by atoms with Crippen molar-refractivity contribution in [3.05, 3.63) is 29.8 Å². The van der Waals surface area contributed by atoms with Gasteiger partial charge in [-0.3, -0.25) is 0 Å². The average molecular weight is 267 g/mol. The number of rotatable bonds is 4. The van der Waals surface area contributed by atoms with Crippen LogP contribution in [0.5, 0.6) is 0 Å². The fourth-order valence-corrected chi connectivity index (χ4v) is 2.60. The van der Waals surface area contributed by atoms with Gasteiger partial charge in [-0.2, -0.15) is 0 Å². The Labute approximate surface area is 108 Å². The number of benzene rings is 1. The van der Waals surface area contributed by atoms with Crippen LogP contribution in [0.3, 0.4) is 0 Å². The van der Waals surface area contributed by atoms with Crippen LogP contribution in [0.25, 0.3) is 0 Å². The Morgan fingerprint density at radius 3 is 2.44 bits per heavy atom. The summed E-state index contributed by atoms with van der Waals surface area (Å²) >= 11 is 0. The highest BCUT2D eigenvalue weighted by atomic mass is 32.2. The summed E-state index contributed by atoms with van der Waals surface area (Å²) in [4.78, 5) is 0.220. The number of hydrogen-bond acceptors (Lipinski definition) is 3. The van der Waals surface area contributed by atoms with Gasteiger partial charge in [0.05, 0.1) is 4.90 Å². The lowest BCUT2D eigenvalue weighted by molar-refractivity contribution is 0.350. The number of hydrogen-bond donors (Lipinski definition) is 2. The first kappa shape index (κ1) is 14.7. The summed E-state index contributed by atoms with van der Waals surface area (Å²) in [6.07, 6.45) is 0.735. The van der Waals surface area contributed by atoms with Gasteiger partial charge in [-0.05, 0) is 37.6 Å². The fourth-order valence-electron chi connectivity index (χ4n) is 1.28. The highest BCUT2D eigenvalue weighted by Gasteiger charge is 2.15. The summed E-state index contributed by atoms with van der Waals surface area (Å²) in [6.45, 7) is 3.52. The minimum absolute atomic E-state index is 0.0937. The van der Waals surface area contributed by atoms with Gasteiger partial charge < -0.3 is 5.11 Å². The topological polar surface area (TPSA) is 66.4 Å². The maximum Gasteiger partial charge on any atom is 0.240 e. The van der Waals surface area contributed by atoms with Gasteiger partial charge in [0, 0.05) is 11.6 Å². The first-order valence-electron chi connectivity index (χ1n) is 5.71.